The molecule has 3 unspecified atom stereocenters. The molecular weight excluding hydrogens is 242 g/mol. The van der Waals surface area contributed by atoms with E-state index in [1.54, 1.807) is 6.92 Å². The number of rotatable bonds is 3. The van der Waals surface area contributed by atoms with Crippen LogP contribution in [-0.2, 0) is 9.59 Å². The molecule has 1 aliphatic rings. The second kappa shape index (κ2) is 6.37. The van der Waals surface area contributed by atoms with Crippen molar-refractivity contribution in [1.29, 1.82) is 0 Å². The van der Waals surface area contributed by atoms with Crippen LogP contribution in [0.1, 0.15) is 47.5 Å². The van der Waals surface area contributed by atoms with Gasteiger partial charge >= 0.3 is 0 Å². The largest absolute Gasteiger partial charge is 0.350 e. The predicted molar refractivity (Wildman–Crippen MR) is 75.7 cm³/mol. The molecule has 1 heterocycles. The van der Waals surface area contributed by atoms with Gasteiger partial charge in [0.2, 0.25) is 11.8 Å². The third-order valence-corrected chi connectivity index (χ3v) is 3.28. The van der Waals surface area contributed by atoms with Gasteiger partial charge in [-0.25, -0.2) is 0 Å². The van der Waals surface area contributed by atoms with Crippen molar-refractivity contribution in [3.8, 4) is 0 Å². The first-order valence-electron chi connectivity index (χ1n) is 7.05. The van der Waals surface area contributed by atoms with Gasteiger partial charge in [0.15, 0.2) is 0 Å². The third kappa shape index (κ3) is 5.59. The van der Waals surface area contributed by atoms with Crippen LogP contribution in [0.5, 0.6) is 0 Å². The van der Waals surface area contributed by atoms with Crippen LogP contribution in [0.3, 0.4) is 0 Å². The van der Waals surface area contributed by atoms with E-state index in [9.17, 15) is 9.59 Å². The zero-order valence-electron chi connectivity index (χ0n) is 12.7. The van der Waals surface area contributed by atoms with Crippen molar-refractivity contribution in [2.24, 2.45) is 5.92 Å². The molecule has 0 aromatic heterocycles. The molecule has 0 spiro atoms. The monoisotopic (exact) mass is 269 g/mol. The molecule has 1 fully saturated rings. The zero-order chi connectivity index (χ0) is 14.6. The molecule has 0 aromatic rings. The van der Waals surface area contributed by atoms with E-state index in [0.717, 1.165) is 12.8 Å². The fourth-order valence-corrected chi connectivity index (χ4v) is 2.10. The van der Waals surface area contributed by atoms with E-state index in [-0.39, 0.29) is 23.3 Å². The van der Waals surface area contributed by atoms with E-state index in [2.05, 4.69) is 22.9 Å². The molecule has 5 heteroatoms. The Bertz CT molecular complexity index is 328. The fraction of sp³-hybridized carbons (Fsp3) is 0.857. The molecule has 0 radical (unpaired) electrons. The first kappa shape index (κ1) is 16.0. The Morgan fingerprint density at radius 2 is 1.89 bits per heavy atom. The lowest BCUT2D eigenvalue weighted by Crippen LogP contribution is -2.53. The summed E-state index contributed by atoms with van der Waals surface area (Å²) in [5.74, 6) is -0.199. The van der Waals surface area contributed by atoms with Crippen LogP contribution >= 0.6 is 0 Å². The minimum absolute atomic E-state index is 0.0268. The summed E-state index contributed by atoms with van der Waals surface area (Å²) in [6, 6.07) is -0.0169. The van der Waals surface area contributed by atoms with Gasteiger partial charge in [0.25, 0.3) is 0 Å². The van der Waals surface area contributed by atoms with Gasteiger partial charge in [0.1, 0.15) is 6.04 Å². The maximum absolute atomic E-state index is 12.1. The minimum atomic E-state index is -0.494. The highest BCUT2D eigenvalue weighted by Crippen LogP contribution is 2.14. The number of carbonyl (C=O) groups is 2. The highest BCUT2D eigenvalue weighted by Gasteiger charge is 2.27. The van der Waals surface area contributed by atoms with Gasteiger partial charge in [-0.1, -0.05) is 0 Å². The van der Waals surface area contributed by atoms with Crippen LogP contribution in [0.25, 0.3) is 0 Å². The van der Waals surface area contributed by atoms with Crippen molar-refractivity contribution in [3.63, 3.8) is 0 Å². The van der Waals surface area contributed by atoms with E-state index in [0.29, 0.717) is 12.6 Å². The lowest BCUT2D eigenvalue weighted by molar-refractivity contribution is -0.131. The van der Waals surface area contributed by atoms with E-state index in [1.165, 1.54) is 0 Å². The average Bonchev–Trinajstić information content (AvgIpc) is 2.27. The van der Waals surface area contributed by atoms with Gasteiger partial charge in [-0.3, -0.25) is 9.59 Å². The quantitative estimate of drug-likeness (QED) is 0.709. The number of carbonyl (C=O) groups excluding carboxylic acids is 2. The number of hydrogen-bond donors (Lipinski definition) is 3. The fourth-order valence-electron chi connectivity index (χ4n) is 2.10. The predicted octanol–water partition coefficient (Wildman–Crippen LogP) is 0.794. The van der Waals surface area contributed by atoms with Crippen LogP contribution in [0.4, 0.5) is 0 Å². The topological polar surface area (TPSA) is 70.2 Å². The summed E-state index contributed by atoms with van der Waals surface area (Å²) in [5, 5.41) is 8.95. The Labute approximate surface area is 115 Å². The Morgan fingerprint density at radius 1 is 1.26 bits per heavy atom. The Balaban J connectivity index is 2.41. The second-order valence-corrected chi connectivity index (χ2v) is 6.55. The molecular formula is C14H27N3O2. The van der Waals surface area contributed by atoms with Crippen LogP contribution in [0.15, 0.2) is 0 Å². The van der Waals surface area contributed by atoms with E-state index < -0.39 is 6.04 Å². The van der Waals surface area contributed by atoms with Crippen LogP contribution in [0.2, 0.25) is 0 Å². The highest BCUT2D eigenvalue weighted by atomic mass is 16.2. The Hall–Kier alpha value is -1.10. The first-order chi connectivity index (χ1) is 8.69. The first-order valence-corrected chi connectivity index (χ1v) is 7.05. The molecule has 110 valence electrons. The highest BCUT2D eigenvalue weighted by molar-refractivity contribution is 5.88. The van der Waals surface area contributed by atoms with Crippen molar-refractivity contribution in [3.05, 3.63) is 0 Å². The summed E-state index contributed by atoms with van der Waals surface area (Å²) in [6.45, 7) is 10.3. The molecule has 2 amide bonds. The van der Waals surface area contributed by atoms with Gasteiger partial charge in [0.05, 0.1) is 5.92 Å². The Morgan fingerprint density at radius 3 is 2.37 bits per heavy atom. The van der Waals surface area contributed by atoms with Gasteiger partial charge in [-0.05, 0) is 47.5 Å². The number of nitrogens with one attached hydrogen (secondary N) is 3. The van der Waals surface area contributed by atoms with Crippen molar-refractivity contribution in [2.45, 2.75) is 65.1 Å². The number of hydrogen-bond acceptors (Lipinski definition) is 3. The minimum Gasteiger partial charge on any atom is -0.350 e. The molecule has 1 aliphatic heterocycles. The van der Waals surface area contributed by atoms with E-state index in [1.807, 2.05) is 20.8 Å². The van der Waals surface area contributed by atoms with Crippen molar-refractivity contribution < 1.29 is 9.59 Å². The summed E-state index contributed by atoms with van der Waals surface area (Å²) >= 11 is 0. The number of piperidine rings is 1. The number of amides is 2. The molecule has 3 atom stereocenters. The van der Waals surface area contributed by atoms with E-state index >= 15 is 0 Å². The maximum atomic E-state index is 12.1. The molecule has 3 N–H and O–H groups in total. The SMILES string of the molecule is CC1CCC(C(=O)NC(C)C(=O)NC(C)(C)C)CN1. The molecule has 1 saturated heterocycles. The average molecular weight is 269 g/mol. The summed E-state index contributed by atoms with van der Waals surface area (Å²) in [4.78, 5) is 23.9. The van der Waals surface area contributed by atoms with Crippen LogP contribution < -0.4 is 16.0 Å². The van der Waals surface area contributed by atoms with Gasteiger partial charge in [-0.15, -0.1) is 0 Å². The van der Waals surface area contributed by atoms with Gasteiger partial charge in [-0.2, -0.15) is 0 Å². The lowest BCUT2D eigenvalue weighted by atomic mass is 9.94. The molecule has 5 nitrogen and oxygen atoms in total. The summed E-state index contributed by atoms with van der Waals surface area (Å²) in [7, 11) is 0. The summed E-state index contributed by atoms with van der Waals surface area (Å²) < 4.78 is 0. The second-order valence-electron chi connectivity index (χ2n) is 6.55. The van der Waals surface area contributed by atoms with Crippen LogP contribution in [0, 0.1) is 5.92 Å². The lowest BCUT2D eigenvalue weighted by Gasteiger charge is -2.28. The van der Waals surface area contributed by atoms with Crippen molar-refractivity contribution in [2.75, 3.05) is 6.54 Å². The molecule has 0 aromatic carbocycles. The molecule has 0 aliphatic carbocycles. The third-order valence-electron chi connectivity index (χ3n) is 3.28. The standard InChI is InChI=1S/C14H27N3O2/c1-9-6-7-11(8-15-9)13(19)16-10(2)12(18)17-14(3,4)5/h9-11,15H,6-8H2,1-5H3,(H,16,19)(H,17,18). The van der Waals surface area contributed by atoms with Crippen molar-refractivity contribution >= 4 is 11.8 Å². The smallest absolute Gasteiger partial charge is 0.242 e. The Kier molecular flexibility index (Phi) is 5.35. The van der Waals surface area contributed by atoms with Crippen LogP contribution in [-0.4, -0.2) is 36.0 Å². The molecule has 0 bridgehead atoms. The maximum Gasteiger partial charge on any atom is 0.242 e. The zero-order valence-corrected chi connectivity index (χ0v) is 12.7. The molecule has 1 rings (SSSR count). The normalized spacial score (nSPS) is 25.5. The van der Waals surface area contributed by atoms with E-state index in [4.69, 9.17) is 0 Å². The van der Waals surface area contributed by atoms with Crippen molar-refractivity contribution in [1.82, 2.24) is 16.0 Å². The molecule has 0 saturated carbocycles. The summed E-state index contributed by atoms with van der Waals surface area (Å²) in [6.07, 6.45) is 1.88. The van der Waals surface area contributed by atoms with Gasteiger partial charge in [0, 0.05) is 18.1 Å². The molecule has 19 heavy (non-hydrogen) atoms. The van der Waals surface area contributed by atoms with Gasteiger partial charge < -0.3 is 16.0 Å². The summed E-state index contributed by atoms with van der Waals surface area (Å²) in [5.41, 5.74) is -0.280.